The number of piperidine rings is 1. The quantitative estimate of drug-likeness (QED) is 0.809. The maximum absolute atomic E-state index is 13.1. The third-order valence-corrected chi connectivity index (χ3v) is 5.55. The van der Waals surface area contributed by atoms with Gasteiger partial charge in [-0.25, -0.2) is 18.7 Å². The molecule has 2 aliphatic heterocycles. The van der Waals surface area contributed by atoms with Crippen LogP contribution in [0.5, 0.6) is 0 Å². The molecule has 2 aliphatic rings. The SMILES string of the molecule is Cc1cc(C)nc(N2CC3CC2CN(C(=O)c2ccccc2CC(F)F)C3)n1. The molecule has 2 atom stereocenters. The number of fused-ring (bicyclic) bond motifs is 2. The maximum atomic E-state index is 13.1. The Balaban J connectivity index is 1.54. The number of rotatable bonds is 4. The standard InChI is InChI=1S/C21H24F2N4O/c1-13-7-14(2)25-21(24-13)27-11-15-8-17(27)12-26(10-15)20(28)18-6-4-3-5-16(18)9-19(22)23/h3-7,15,17,19H,8-12H2,1-2H3. The van der Waals surface area contributed by atoms with E-state index in [2.05, 4.69) is 14.9 Å². The number of likely N-dealkylation sites (tertiary alicyclic amines) is 1. The Morgan fingerprint density at radius 1 is 1.14 bits per heavy atom. The van der Waals surface area contributed by atoms with Gasteiger partial charge < -0.3 is 9.80 Å². The van der Waals surface area contributed by atoms with Gasteiger partial charge in [0.15, 0.2) is 0 Å². The highest BCUT2D eigenvalue weighted by Gasteiger charge is 2.41. The second kappa shape index (κ2) is 7.45. The Morgan fingerprint density at radius 3 is 2.57 bits per heavy atom. The molecule has 2 saturated heterocycles. The van der Waals surface area contributed by atoms with Crippen LogP contribution in [0.3, 0.4) is 0 Å². The Hall–Kier alpha value is -2.57. The number of carbonyl (C=O) groups excluding carboxylic acids is 1. The maximum Gasteiger partial charge on any atom is 0.254 e. The largest absolute Gasteiger partial charge is 0.336 e. The van der Waals surface area contributed by atoms with Gasteiger partial charge in [-0.05, 0) is 43.9 Å². The highest BCUT2D eigenvalue weighted by atomic mass is 19.3. The van der Waals surface area contributed by atoms with Gasteiger partial charge in [0, 0.05) is 49.0 Å². The monoisotopic (exact) mass is 386 g/mol. The first kappa shape index (κ1) is 18.8. The van der Waals surface area contributed by atoms with Crippen LogP contribution >= 0.6 is 0 Å². The van der Waals surface area contributed by atoms with Crippen molar-refractivity contribution in [3.63, 3.8) is 0 Å². The van der Waals surface area contributed by atoms with Crippen molar-refractivity contribution < 1.29 is 13.6 Å². The summed E-state index contributed by atoms with van der Waals surface area (Å²) >= 11 is 0. The lowest BCUT2D eigenvalue weighted by molar-refractivity contribution is 0.0691. The molecular weight excluding hydrogens is 362 g/mol. The van der Waals surface area contributed by atoms with Gasteiger partial charge in [0.1, 0.15) is 0 Å². The van der Waals surface area contributed by atoms with Crippen LogP contribution in [-0.4, -0.2) is 52.9 Å². The predicted octanol–water partition coefficient (Wildman–Crippen LogP) is 3.25. The summed E-state index contributed by atoms with van der Waals surface area (Å²) in [6.07, 6.45) is -1.87. The summed E-state index contributed by atoms with van der Waals surface area (Å²) in [6.45, 7) is 5.93. The van der Waals surface area contributed by atoms with Gasteiger partial charge in [0.2, 0.25) is 12.4 Å². The van der Waals surface area contributed by atoms with E-state index >= 15 is 0 Å². The van der Waals surface area contributed by atoms with Crippen LogP contribution in [0.15, 0.2) is 30.3 Å². The third kappa shape index (κ3) is 3.70. The van der Waals surface area contributed by atoms with Crippen molar-refractivity contribution in [1.29, 1.82) is 0 Å². The number of aromatic nitrogens is 2. The molecule has 2 unspecified atom stereocenters. The summed E-state index contributed by atoms with van der Waals surface area (Å²) in [5.41, 5.74) is 2.66. The second-order valence-corrected chi connectivity index (χ2v) is 7.82. The first-order valence-electron chi connectivity index (χ1n) is 9.65. The summed E-state index contributed by atoms with van der Waals surface area (Å²) in [7, 11) is 0. The lowest BCUT2D eigenvalue weighted by Gasteiger charge is -2.33. The van der Waals surface area contributed by atoms with Crippen molar-refractivity contribution in [3.05, 3.63) is 52.8 Å². The van der Waals surface area contributed by atoms with Crippen molar-refractivity contribution in [2.24, 2.45) is 5.92 Å². The number of carbonyl (C=O) groups is 1. The van der Waals surface area contributed by atoms with Gasteiger partial charge in [-0.15, -0.1) is 0 Å². The summed E-state index contributed by atoms with van der Waals surface area (Å²) < 4.78 is 25.8. The molecule has 28 heavy (non-hydrogen) atoms. The number of halogens is 2. The molecule has 4 rings (SSSR count). The molecule has 0 spiro atoms. The molecule has 2 fully saturated rings. The van der Waals surface area contributed by atoms with Crippen LogP contribution in [0.1, 0.15) is 33.7 Å². The number of hydrogen-bond acceptors (Lipinski definition) is 4. The van der Waals surface area contributed by atoms with E-state index in [1.807, 2.05) is 24.8 Å². The van der Waals surface area contributed by atoms with Gasteiger partial charge in [0.05, 0.1) is 0 Å². The smallest absolute Gasteiger partial charge is 0.254 e. The van der Waals surface area contributed by atoms with Crippen LogP contribution in [0, 0.1) is 19.8 Å². The van der Waals surface area contributed by atoms with Crippen LogP contribution in [0.25, 0.3) is 0 Å². The van der Waals surface area contributed by atoms with Crippen LogP contribution < -0.4 is 4.90 Å². The lowest BCUT2D eigenvalue weighted by Crippen LogP contribution is -2.45. The molecule has 0 saturated carbocycles. The summed E-state index contributed by atoms with van der Waals surface area (Å²) in [4.78, 5) is 26.3. The Labute approximate surface area is 163 Å². The van der Waals surface area contributed by atoms with Crippen molar-refractivity contribution in [3.8, 4) is 0 Å². The fraction of sp³-hybridized carbons (Fsp3) is 0.476. The van der Waals surface area contributed by atoms with Crippen molar-refractivity contribution in [2.75, 3.05) is 24.5 Å². The average molecular weight is 386 g/mol. The number of nitrogens with zero attached hydrogens (tertiary/aromatic N) is 4. The fourth-order valence-electron chi connectivity index (χ4n) is 4.45. The first-order chi connectivity index (χ1) is 13.4. The number of anilines is 1. The number of alkyl halides is 2. The molecule has 1 amide bonds. The molecule has 7 heteroatoms. The van der Waals surface area contributed by atoms with E-state index < -0.39 is 12.8 Å². The van der Waals surface area contributed by atoms with E-state index in [0.717, 1.165) is 30.3 Å². The van der Waals surface area contributed by atoms with E-state index in [1.54, 1.807) is 24.3 Å². The number of amides is 1. The molecular formula is C21H24F2N4O. The number of hydrogen-bond donors (Lipinski definition) is 0. The highest BCUT2D eigenvalue weighted by Crippen LogP contribution is 2.33. The Bertz CT molecular complexity index is 868. The molecule has 148 valence electrons. The van der Waals surface area contributed by atoms with E-state index in [9.17, 15) is 13.6 Å². The lowest BCUT2D eigenvalue weighted by atomic mass is 9.97. The van der Waals surface area contributed by atoms with Crippen LogP contribution in [-0.2, 0) is 6.42 Å². The zero-order valence-corrected chi connectivity index (χ0v) is 16.1. The van der Waals surface area contributed by atoms with Gasteiger partial charge in [0.25, 0.3) is 5.91 Å². The normalized spacial score (nSPS) is 21.5. The molecule has 0 radical (unpaired) electrons. The average Bonchev–Trinajstić information content (AvgIpc) is 2.94. The molecule has 2 aromatic rings. The van der Waals surface area contributed by atoms with E-state index in [-0.39, 0.29) is 11.9 Å². The van der Waals surface area contributed by atoms with Crippen LogP contribution in [0.2, 0.25) is 0 Å². The van der Waals surface area contributed by atoms with Gasteiger partial charge in [-0.2, -0.15) is 0 Å². The molecule has 2 bridgehead atoms. The topological polar surface area (TPSA) is 49.3 Å². The zero-order chi connectivity index (χ0) is 19.8. The highest BCUT2D eigenvalue weighted by molar-refractivity contribution is 5.96. The molecule has 1 aromatic heterocycles. The minimum atomic E-state index is -2.47. The summed E-state index contributed by atoms with van der Waals surface area (Å²) in [6, 6.07) is 8.81. The van der Waals surface area contributed by atoms with E-state index in [1.165, 1.54) is 0 Å². The molecule has 5 nitrogen and oxygen atoms in total. The van der Waals surface area contributed by atoms with Gasteiger partial charge in [-0.1, -0.05) is 18.2 Å². The fourth-order valence-corrected chi connectivity index (χ4v) is 4.45. The van der Waals surface area contributed by atoms with Crippen molar-refractivity contribution in [2.45, 2.75) is 39.2 Å². The Morgan fingerprint density at radius 2 is 1.86 bits per heavy atom. The number of aryl methyl sites for hydroxylation is 2. The summed E-state index contributed by atoms with van der Waals surface area (Å²) in [5, 5.41) is 0. The molecule has 0 aliphatic carbocycles. The van der Waals surface area contributed by atoms with E-state index in [0.29, 0.717) is 30.1 Å². The van der Waals surface area contributed by atoms with Crippen molar-refractivity contribution in [1.82, 2.24) is 14.9 Å². The van der Waals surface area contributed by atoms with Crippen LogP contribution in [0.4, 0.5) is 14.7 Å². The summed E-state index contributed by atoms with van der Waals surface area (Å²) in [5.74, 6) is 0.904. The van der Waals surface area contributed by atoms with Gasteiger partial charge in [-0.3, -0.25) is 4.79 Å². The molecule has 3 heterocycles. The third-order valence-electron chi connectivity index (χ3n) is 5.55. The Kier molecular flexibility index (Phi) is 5.00. The molecule has 1 aromatic carbocycles. The molecule has 0 N–H and O–H groups in total. The first-order valence-corrected chi connectivity index (χ1v) is 9.65. The van der Waals surface area contributed by atoms with Crippen molar-refractivity contribution >= 4 is 11.9 Å². The second-order valence-electron chi connectivity index (χ2n) is 7.82. The van der Waals surface area contributed by atoms with Gasteiger partial charge >= 0.3 is 0 Å². The number of benzene rings is 1. The minimum absolute atomic E-state index is 0.158. The minimum Gasteiger partial charge on any atom is -0.336 e. The zero-order valence-electron chi connectivity index (χ0n) is 16.1. The predicted molar refractivity (Wildman–Crippen MR) is 103 cm³/mol. The van der Waals surface area contributed by atoms with E-state index in [4.69, 9.17) is 0 Å².